The Kier molecular flexibility index (Phi) is 11.1. The van der Waals surface area contributed by atoms with Crippen LogP contribution in [-0.2, 0) is 33.6 Å². The summed E-state index contributed by atoms with van der Waals surface area (Å²) in [6, 6.07) is 12.1. The first-order valence-electron chi connectivity index (χ1n) is 16.4. The van der Waals surface area contributed by atoms with Gasteiger partial charge in [-0.3, -0.25) is 9.79 Å². The van der Waals surface area contributed by atoms with Crippen LogP contribution in [0.4, 0.5) is 17.6 Å². The highest BCUT2D eigenvalue weighted by Gasteiger charge is 2.44. The number of allylic oxidation sites excluding steroid dienone is 5. The molecular weight excluding hydrogens is 652 g/mol. The molecule has 10 heteroatoms. The molecule has 49 heavy (non-hydrogen) atoms. The van der Waals surface area contributed by atoms with E-state index in [-0.39, 0.29) is 54.0 Å². The number of benzene rings is 2. The Balaban J connectivity index is 1.51. The second-order valence-corrected chi connectivity index (χ2v) is 15.3. The van der Waals surface area contributed by atoms with Crippen LogP contribution in [0.5, 0.6) is 0 Å². The van der Waals surface area contributed by atoms with Gasteiger partial charge in [0, 0.05) is 42.0 Å². The Hall–Kier alpha value is -4.32. The lowest BCUT2D eigenvalue weighted by Gasteiger charge is -2.30. The lowest BCUT2D eigenvalue weighted by atomic mass is 9.73. The van der Waals surface area contributed by atoms with Crippen molar-refractivity contribution in [3.63, 3.8) is 0 Å². The van der Waals surface area contributed by atoms with Crippen LogP contribution in [0.3, 0.4) is 0 Å². The fourth-order valence-electron chi connectivity index (χ4n) is 6.77. The van der Waals surface area contributed by atoms with Crippen molar-refractivity contribution in [2.75, 3.05) is 11.5 Å². The van der Waals surface area contributed by atoms with E-state index in [4.69, 9.17) is 4.99 Å². The third kappa shape index (κ3) is 9.23. The zero-order valence-corrected chi connectivity index (χ0v) is 27.9. The molecule has 1 saturated carbocycles. The number of aliphatic imine (C=N–C) groups is 1. The molecule has 5 nitrogen and oxygen atoms in total. The number of sulfone groups is 1. The molecule has 0 saturated heterocycles. The van der Waals surface area contributed by atoms with E-state index in [0.717, 1.165) is 41.0 Å². The molecule has 5 rings (SSSR count). The maximum Gasteiger partial charge on any atom is 0.419 e. The largest absolute Gasteiger partial charge is 0.419 e. The summed E-state index contributed by atoms with van der Waals surface area (Å²) in [5.41, 5.74) is 7.08. The molecule has 0 amide bonds. The van der Waals surface area contributed by atoms with Gasteiger partial charge in [0.2, 0.25) is 0 Å². The van der Waals surface area contributed by atoms with Crippen molar-refractivity contribution in [1.29, 1.82) is 5.26 Å². The average Bonchev–Trinajstić information content (AvgIpc) is 3.99. The fraction of sp³-hybridized carbons (Fsp3) is 0.385. The number of nitrogens with zero attached hydrogens (tertiary/aromatic N) is 2. The van der Waals surface area contributed by atoms with Crippen LogP contribution in [0.1, 0.15) is 60.8 Å². The highest BCUT2D eigenvalue weighted by atomic mass is 32.2. The van der Waals surface area contributed by atoms with E-state index in [0.29, 0.717) is 42.9 Å². The minimum Gasteiger partial charge on any atom is -0.299 e. The number of hydrogen-bond acceptors (Lipinski definition) is 5. The SMILES string of the molecule is C=C=CCC1=C(C2CC2)N=C([C@@H](C2=CC2)C(CCS(=O)(=O)CC=C)CC(=O)Cc2ccc(F)c(C(F)(F)F)c2)C1Cc1ccc(C#N)cc1. The minimum atomic E-state index is -4.91. The number of ketones is 1. The molecule has 3 aliphatic rings. The summed E-state index contributed by atoms with van der Waals surface area (Å²) in [5.74, 6) is -2.91. The number of hydrogen-bond donors (Lipinski definition) is 0. The molecule has 0 N–H and O–H groups in total. The van der Waals surface area contributed by atoms with Crippen LogP contribution in [0, 0.1) is 40.8 Å². The number of alkyl halides is 3. The number of carbonyl (C=O) groups excluding carboxylic acids is 1. The first-order chi connectivity index (χ1) is 23.3. The summed E-state index contributed by atoms with van der Waals surface area (Å²) in [6.45, 7) is 7.30. The van der Waals surface area contributed by atoms with Gasteiger partial charge in [0.05, 0.1) is 28.7 Å². The first-order valence-corrected chi connectivity index (χ1v) is 18.2. The Labute approximate surface area is 285 Å². The molecule has 256 valence electrons. The summed E-state index contributed by atoms with van der Waals surface area (Å²) in [7, 11) is -3.53. The van der Waals surface area contributed by atoms with Gasteiger partial charge in [-0.2, -0.15) is 18.4 Å². The van der Waals surface area contributed by atoms with Crippen LogP contribution < -0.4 is 0 Å². The van der Waals surface area contributed by atoms with Crippen molar-refractivity contribution in [1.82, 2.24) is 0 Å². The maximum absolute atomic E-state index is 14.0. The molecule has 0 radical (unpaired) electrons. The van der Waals surface area contributed by atoms with Crippen LogP contribution in [0.15, 0.2) is 101 Å². The second kappa shape index (κ2) is 15.1. The number of Topliss-reactive ketones (excluding diaryl/α,β-unsaturated/α-hetero) is 1. The molecule has 1 aliphatic heterocycles. The Morgan fingerprint density at radius 2 is 1.82 bits per heavy atom. The average molecular weight is 691 g/mol. The van der Waals surface area contributed by atoms with E-state index in [9.17, 15) is 36.0 Å². The van der Waals surface area contributed by atoms with Gasteiger partial charge in [-0.25, -0.2) is 12.8 Å². The smallest absolute Gasteiger partial charge is 0.299 e. The third-order valence-corrected chi connectivity index (χ3v) is 10.9. The Morgan fingerprint density at radius 3 is 2.41 bits per heavy atom. The van der Waals surface area contributed by atoms with Crippen molar-refractivity contribution in [3.05, 3.63) is 124 Å². The number of nitriles is 1. The summed E-state index contributed by atoms with van der Waals surface area (Å²) >= 11 is 0. The monoisotopic (exact) mass is 690 g/mol. The van der Waals surface area contributed by atoms with Crippen molar-refractivity contribution in [2.24, 2.45) is 28.7 Å². The predicted octanol–water partition coefficient (Wildman–Crippen LogP) is 8.48. The Morgan fingerprint density at radius 1 is 1.12 bits per heavy atom. The molecule has 2 unspecified atom stereocenters. The molecule has 2 aromatic rings. The van der Waals surface area contributed by atoms with Crippen LogP contribution >= 0.6 is 0 Å². The van der Waals surface area contributed by atoms with E-state index in [1.807, 2.05) is 18.2 Å². The summed E-state index contributed by atoms with van der Waals surface area (Å²) in [6.07, 6.45) is 3.88. The topological polar surface area (TPSA) is 87.4 Å². The van der Waals surface area contributed by atoms with Gasteiger partial charge < -0.3 is 0 Å². The molecule has 2 aliphatic carbocycles. The lowest BCUT2D eigenvalue weighted by Crippen LogP contribution is -2.33. The number of halogens is 4. The molecule has 3 atom stereocenters. The zero-order valence-electron chi connectivity index (χ0n) is 27.1. The molecule has 1 fully saturated rings. The molecule has 1 heterocycles. The fourth-order valence-corrected chi connectivity index (χ4v) is 7.96. The van der Waals surface area contributed by atoms with Gasteiger partial charge in [0.25, 0.3) is 0 Å². The first kappa shape index (κ1) is 36.0. The third-order valence-electron chi connectivity index (χ3n) is 9.34. The van der Waals surface area contributed by atoms with Crippen molar-refractivity contribution in [2.45, 2.75) is 57.5 Å². The van der Waals surface area contributed by atoms with Gasteiger partial charge in [0.15, 0.2) is 9.84 Å². The minimum absolute atomic E-state index is 0.0343. The highest BCUT2D eigenvalue weighted by Crippen LogP contribution is 2.50. The van der Waals surface area contributed by atoms with E-state index in [1.165, 1.54) is 12.1 Å². The second-order valence-electron chi connectivity index (χ2n) is 13.0. The van der Waals surface area contributed by atoms with Gasteiger partial charge in [-0.1, -0.05) is 42.5 Å². The van der Waals surface area contributed by atoms with Gasteiger partial charge >= 0.3 is 6.18 Å². The van der Waals surface area contributed by atoms with Gasteiger partial charge in [-0.15, -0.1) is 12.3 Å². The van der Waals surface area contributed by atoms with Crippen LogP contribution in [-0.4, -0.2) is 31.4 Å². The van der Waals surface area contributed by atoms with Crippen molar-refractivity contribution < 1.29 is 30.8 Å². The molecule has 0 spiro atoms. The van der Waals surface area contributed by atoms with E-state index in [1.54, 1.807) is 12.1 Å². The lowest BCUT2D eigenvalue weighted by molar-refractivity contribution is -0.140. The van der Waals surface area contributed by atoms with Crippen LogP contribution in [0.25, 0.3) is 0 Å². The predicted molar refractivity (Wildman–Crippen MR) is 182 cm³/mol. The van der Waals surface area contributed by atoms with Crippen LogP contribution in [0.2, 0.25) is 0 Å². The highest BCUT2D eigenvalue weighted by molar-refractivity contribution is 7.91. The van der Waals surface area contributed by atoms with E-state index in [2.05, 4.69) is 31.0 Å². The standard InChI is InChI=1S/C39H38F4N2O3S/c1-3-5-6-32-33(21-25-7-9-26(24-44)10-8-25)38(45-37(32)29-14-15-29)36(28-12-13-28)30(17-19-49(47,48)18-4-2)23-31(46)20-27-11-16-35(40)34(22-27)39(41,42)43/h4-5,7-12,16,22,29-30,33,36H,1-2,6,13-15,17-21,23H2/t30?,33?,36-/m0/s1. The molecule has 0 bridgehead atoms. The van der Waals surface area contributed by atoms with Crippen molar-refractivity contribution in [3.8, 4) is 6.07 Å². The molecular formula is C39H38F4N2O3S. The normalized spacial score (nSPS) is 18.6. The summed E-state index contributed by atoms with van der Waals surface area (Å²) < 4.78 is 80.0. The van der Waals surface area contributed by atoms with Gasteiger partial charge in [0.1, 0.15) is 11.6 Å². The summed E-state index contributed by atoms with van der Waals surface area (Å²) in [5, 5.41) is 9.32. The van der Waals surface area contributed by atoms with Crippen molar-refractivity contribution >= 4 is 21.3 Å². The molecule has 2 aromatic carbocycles. The maximum atomic E-state index is 14.0. The van der Waals surface area contributed by atoms with E-state index < -0.39 is 33.3 Å². The summed E-state index contributed by atoms with van der Waals surface area (Å²) in [4.78, 5) is 18.9. The number of rotatable bonds is 17. The number of carbonyl (C=O) groups is 1. The Bertz CT molecular complexity index is 1910. The van der Waals surface area contributed by atoms with Gasteiger partial charge in [-0.05, 0) is 91.5 Å². The zero-order chi connectivity index (χ0) is 35.3. The quantitative estimate of drug-likeness (QED) is 0.0947. The van der Waals surface area contributed by atoms with E-state index >= 15 is 0 Å². The molecule has 0 aromatic heterocycles.